The lowest BCUT2D eigenvalue weighted by atomic mass is 9.68. The summed E-state index contributed by atoms with van der Waals surface area (Å²) in [4.78, 5) is 13.3. The lowest BCUT2D eigenvalue weighted by Gasteiger charge is -2.40. The molecule has 1 fully saturated rings. The monoisotopic (exact) mass is 303 g/mol. The average molecular weight is 304 g/mol. The molecule has 0 aliphatic heterocycles. The van der Waals surface area contributed by atoms with Gasteiger partial charge in [-0.2, -0.15) is 0 Å². The summed E-state index contributed by atoms with van der Waals surface area (Å²) in [5.74, 6) is -0.652. The van der Waals surface area contributed by atoms with Crippen molar-refractivity contribution in [2.24, 2.45) is 5.41 Å². The number of hydrogen-bond donors (Lipinski definition) is 1. The van der Waals surface area contributed by atoms with Crippen LogP contribution in [-0.2, 0) is 4.79 Å². The van der Waals surface area contributed by atoms with Crippen LogP contribution < -0.4 is 4.90 Å². The van der Waals surface area contributed by atoms with Crippen molar-refractivity contribution in [1.29, 1.82) is 0 Å². The quantitative estimate of drug-likeness (QED) is 0.928. The van der Waals surface area contributed by atoms with Crippen LogP contribution in [0.2, 0.25) is 0 Å². The van der Waals surface area contributed by atoms with Gasteiger partial charge in [-0.1, -0.05) is 6.42 Å². The predicted molar refractivity (Wildman–Crippen MR) is 69.2 cm³/mol. The first-order valence-electron chi connectivity index (χ1n) is 5.22. The van der Waals surface area contributed by atoms with Gasteiger partial charge >= 0.3 is 5.97 Å². The second-order valence-corrected chi connectivity index (χ2v) is 6.20. The van der Waals surface area contributed by atoms with Gasteiger partial charge in [-0.25, -0.2) is 0 Å². The number of carboxylic acid groups (broad SMARTS) is 1. The highest BCUT2D eigenvalue weighted by atomic mass is 79.9. The number of anilines is 1. The summed E-state index contributed by atoms with van der Waals surface area (Å²) in [5.41, 5.74) is -0.509. The van der Waals surface area contributed by atoms with E-state index < -0.39 is 11.4 Å². The fourth-order valence-electron chi connectivity index (χ4n) is 2.08. The average Bonchev–Trinajstić information content (AvgIpc) is 2.57. The van der Waals surface area contributed by atoms with Crippen molar-refractivity contribution in [1.82, 2.24) is 0 Å². The Morgan fingerprint density at radius 2 is 2.38 bits per heavy atom. The Labute approximate surface area is 107 Å². The molecule has 0 bridgehead atoms. The molecular formula is C11H14BrNO2S. The summed E-state index contributed by atoms with van der Waals surface area (Å²) in [6, 6.07) is 2.03. The van der Waals surface area contributed by atoms with E-state index in [2.05, 4.69) is 15.9 Å². The Morgan fingerprint density at radius 3 is 2.75 bits per heavy atom. The fraction of sp³-hybridized carbons (Fsp3) is 0.545. The SMILES string of the molecule is CN(CC1(C(=O)O)CCC1)c1cc(Br)cs1. The van der Waals surface area contributed by atoms with Crippen molar-refractivity contribution < 1.29 is 9.90 Å². The van der Waals surface area contributed by atoms with Gasteiger partial charge in [0.2, 0.25) is 0 Å². The smallest absolute Gasteiger partial charge is 0.311 e. The second-order valence-electron chi connectivity index (χ2n) is 4.40. The summed E-state index contributed by atoms with van der Waals surface area (Å²) in [6.07, 6.45) is 2.65. The van der Waals surface area contributed by atoms with Gasteiger partial charge in [-0.3, -0.25) is 4.79 Å². The largest absolute Gasteiger partial charge is 0.481 e. The van der Waals surface area contributed by atoms with Crippen LogP contribution >= 0.6 is 27.3 Å². The number of hydrogen-bond acceptors (Lipinski definition) is 3. The Bertz CT molecular complexity index is 400. The summed E-state index contributed by atoms with van der Waals surface area (Å²) in [6.45, 7) is 0.606. The maximum absolute atomic E-state index is 11.2. The molecule has 0 aromatic carbocycles. The zero-order valence-corrected chi connectivity index (χ0v) is 11.5. The van der Waals surface area contributed by atoms with E-state index in [-0.39, 0.29) is 0 Å². The molecule has 2 rings (SSSR count). The highest BCUT2D eigenvalue weighted by molar-refractivity contribution is 9.10. The minimum Gasteiger partial charge on any atom is -0.481 e. The lowest BCUT2D eigenvalue weighted by molar-refractivity contribution is -0.153. The highest BCUT2D eigenvalue weighted by Gasteiger charge is 2.45. The van der Waals surface area contributed by atoms with Crippen LogP contribution in [0.1, 0.15) is 19.3 Å². The third-order valence-electron chi connectivity index (χ3n) is 3.23. The van der Waals surface area contributed by atoms with Gasteiger partial charge in [0.05, 0.1) is 10.4 Å². The lowest BCUT2D eigenvalue weighted by Crippen LogP contribution is -2.46. The maximum atomic E-state index is 11.2. The zero-order valence-electron chi connectivity index (χ0n) is 9.07. The molecule has 3 nitrogen and oxygen atoms in total. The molecule has 1 heterocycles. The summed E-state index contributed by atoms with van der Waals surface area (Å²) >= 11 is 5.04. The van der Waals surface area contributed by atoms with Crippen LogP contribution in [0.4, 0.5) is 5.00 Å². The number of nitrogens with zero attached hydrogens (tertiary/aromatic N) is 1. The van der Waals surface area contributed by atoms with Crippen LogP contribution in [0.3, 0.4) is 0 Å². The van der Waals surface area contributed by atoms with Crippen LogP contribution in [-0.4, -0.2) is 24.7 Å². The number of thiophene rings is 1. The molecule has 1 N–H and O–H groups in total. The number of halogens is 1. The van der Waals surface area contributed by atoms with Crippen LogP contribution in [0.15, 0.2) is 15.9 Å². The van der Waals surface area contributed by atoms with E-state index in [0.717, 1.165) is 28.7 Å². The summed E-state index contributed by atoms with van der Waals surface area (Å²) in [7, 11) is 1.96. The van der Waals surface area contributed by atoms with E-state index in [4.69, 9.17) is 0 Å². The molecule has 88 valence electrons. The topological polar surface area (TPSA) is 40.5 Å². The van der Waals surface area contributed by atoms with Gasteiger partial charge in [-0.15, -0.1) is 11.3 Å². The predicted octanol–water partition coefficient (Wildman–Crippen LogP) is 3.20. The molecule has 0 amide bonds. The molecule has 0 saturated heterocycles. The van der Waals surface area contributed by atoms with Crippen molar-refractivity contribution in [3.63, 3.8) is 0 Å². The number of carboxylic acids is 1. The summed E-state index contributed by atoms with van der Waals surface area (Å²) in [5, 5.41) is 12.4. The van der Waals surface area contributed by atoms with Crippen molar-refractivity contribution in [2.75, 3.05) is 18.5 Å². The van der Waals surface area contributed by atoms with Crippen molar-refractivity contribution >= 4 is 38.2 Å². The molecule has 0 spiro atoms. The molecule has 5 heteroatoms. The van der Waals surface area contributed by atoms with Crippen LogP contribution in [0, 0.1) is 5.41 Å². The Kier molecular flexibility index (Phi) is 3.26. The van der Waals surface area contributed by atoms with Gasteiger partial charge in [0.15, 0.2) is 0 Å². The van der Waals surface area contributed by atoms with E-state index in [9.17, 15) is 9.90 Å². The first-order valence-corrected chi connectivity index (χ1v) is 6.89. The molecule has 1 aliphatic carbocycles. The molecule has 0 atom stereocenters. The molecule has 1 aliphatic rings. The van der Waals surface area contributed by atoms with Crippen molar-refractivity contribution in [3.05, 3.63) is 15.9 Å². The van der Waals surface area contributed by atoms with Gasteiger partial charge < -0.3 is 10.0 Å². The normalized spacial score (nSPS) is 17.9. The molecular weight excluding hydrogens is 290 g/mol. The van der Waals surface area contributed by atoms with E-state index in [1.807, 2.05) is 23.4 Å². The minimum atomic E-state index is -0.652. The standard InChI is InChI=1S/C11H14BrNO2S/c1-13(9-5-8(12)6-16-9)7-11(10(14)15)3-2-4-11/h5-6H,2-4,7H2,1H3,(H,14,15). The Hall–Kier alpha value is -0.550. The van der Waals surface area contributed by atoms with Crippen molar-refractivity contribution in [2.45, 2.75) is 19.3 Å². The molecule has 16 heavy (non-hydrogen) atoms. The van der Waals surface area contributed by atoms with E-state index in [1.165, 1.54) is 0 Å². The summed E-state index contributed by atoms with van der Waals surface area (Å²) < 4.78 is 1.05. The van der Waals surface area contributed by atoms with Gasteiger partial charge in [0.1, 0.15) is 0 Å². The highest BCUT2D eigenvalue weighted by Crippen LogP contribution is 2.43. The van der Waals surface area contributed by atoms with E-state index in [1.54, 1.807) is 11.3 Å². The van der Waals surface area contributed by atoms with E-state index in [0.29, 0.717) is 6.54 Å². The maximum Gasteiger partial charge on any atom is 0.311 e. The first kappa shape index (κ1) is 11.9. The first-order chi connectivity index (χ1) is 7.53. The molecule has 1 aromatic rings. The molecule has 0 radical (unpaired) electrons. The van der Waals surface area contributed by atoms with Gasteiger partial charge in [-0.05, 0) is 34.8 Å². The van der Waals surface area contributed by atoms with E-state index >= 15 is 0 Å². The third-order valence-corrected chi connectivity index (χ3v) is 5.04. The zero-order chi connectivity index (χ0) is 11.8. The second kappa shape index (κ2) is 4.37. The van der Waals surface area contributed by atoms with Crippen molar-refractivity contribution in [3.8, 4) is 0 Å². The third kappa shape index (κ3) is 2.11. The number of carbonyl (C=O) groups is 1. The number of aliphatic carboxylic acids is 1. The van der Waals surface area contributed by atoms with Crippen LogP contribution in [0.25, 0.3) is 0 Å². The molecule has 1 aromatic heterocycles. The van der Waals surface area contributed by atoms with Gasteiger partial charge in [0.25, 0.3) is 0 Å². The molecule has 0 unspecified atom stereocenters. The Morgan fingerprint density at radius 1 is 1.69 bits per heavy atom. The minimum absolute atomic E-state index is 0.509. The number of rotatable bonds is 4. The van der Waals surface area contributed by atoms with Gasteiger partial charge in [0, 0.05) is 23.4 Å². The Balaban J connectivity index is 2.06. The molecule has 1 saturated carbocycles. The van der Waals surface area contributed by atoms with Crippen LogP contribution in [0.5, 0.6) is 0 Å². The fourth-order valence-corrected chi connectivity index (χ4v) is 3.47.